The van der Waals surface area contributed by atoms with Crippen LogP contribution in [0.2, 0.25) is 0 Å². The minimum Gasteiger partial charge on any atom is -0.327 e. The number of nitrogens with zero attached hydrogens (tertiary/aromatic N) is 2. The van der Waals surface area contributed by atoms with Gasteiger partial charge in [0.2, 0.25) is 0 Å². The van der Waals surface area contributed by atoms with Crippen LogP contribution in [0.25, 0.3) is 11.0 Å². The van der Waals surface area contributed by atoms with Gasteiger partial charge in [-0.05, 0) is 43.7 Å². The molecule has 0 saturated carbocycles. The zero-order valence-electron chi connectivity index (χ0n) is 12.9. The Morgan fingerprint density at radius 3 is 2.59 bits per heavy atom. The van der Waals surface area contributed by atoms with Gasteiger partial charge in [-0.25, -0.2) is 4.98 Å². The Kier molecular flexibility index (Phi) is 4.60. The van der Waals surface area contributed by atoms with Crippen molar-refractivity contribution in [3.8, 4) is 0 Å². The molecule has 1 unspecified atom stereocenters. The SMILES string of the molecule is CCn1c(C(C)NCc2ccc(Br)cc2)nc2ccccc21. The maximum absolute atomic E-state index is 4.80. The van der Waals surface area contributed by atoms with E-state index >= 15 is 0 Å². The van der Waals surface area contributed by atoms with Gasteiger partial charge in [-0.2, -0.15) is 0 Å². The number of nitrogens with one attached hydrogen (secondary N) is 1. The van der Waals surface area contributed by atoms with Gasteiger partial charge in [0.05, 0.1) is 17.1 Å². The first-order valence-corrected chi connectivity index (χ1v) is 8.41. The first-order valence-electron chi connectivity index (χ1n) is 7.62. The number of fused-ring (bicyclic) bond motifs is 1. The summed E-state index contributed by atoms with van der Waals surface area (Å²) in [5, 5.41) is 3.57. The lowest BCUT2D eigenvalue weighted by atomic mass is 10.2. The molecule has 0 aliphatic heterocycles. The summed E-state index contributed by atoms with van der Waals surface area (Å²) in [5.41, 5.74) is 3.54. The van der Waals surface area contributed by atoms with E-state index in [2.05, 4.69) is 82.1 Å². The number of para-hydroxylation sites is 2. The fraction of sp³-hybridized carbons (Fsp3) is 0.278. The summed E-state index contributed by atoms with van der Waals surface area (Å²) in [4.78, 5) is 4.80. The lowest BCUT2D eigenvalue weighted by Crippen LogP contribution is -2.21. The normalized spacial score (nSPS) is 12.7. The standard InChI is InChI=1S/C18H20BrN3/c1-3-22-17-7-5-4-6-16(17)21-18(22)13(2)20-12-14-8-10-15(19)11-9-14/h4-11,13,20H,3,12H2,1-2H3. The predicted octanol–water partition coefficient (Wildman–Crippen LogP) is 4.67. The fourth-order valence-corrected chi connectivity index (χ4v) is 2.99. The molecular weight excluding hydrogens is 338 g/mol. The monoisotopic (exact) mass is 357 g/mol. The van der Waals surface area contributed by atoms with Gasteiger partial charge in [0.1, 0.15) is 5.82 Å². The quantitative estimate of drug-likeness (QED) is 0.718. The molecule has 114 valence electrons. The smallest absolute Gasteiger partial charge is 0.126 e. The minimum atomic E-state index is 0.205. The Balaban J connectivity index is 1.79. The molecule has 3 rings (SSSR count). The fourth-order valence-electron chi connectivity index (χ4n) is 2.72. The third-order valence-corrected chi connectivity index (χ3v) is 4.44. The number of aryl methyl sites for hydroxylation is 1. The van der Waals surface area contributed by atoms with Crippen molar-refractivity contribution in [2.45, 2.75) is 33.0 Å². The molecule has 0 amide bonds. The van der Waals surface area contributed by atoms with Crippen LogP contribution >= 0.6 is 15.9 Å². The molecule has 0 radical (unpaired) electrons. The summed E-state index contributed by atoms with van der Waals surface area (Å²) in [7, 11) is 0. The molecule has 0 aliphatic carbocycles. The first-order chi connectivity index (χ1) is 10.7. The average molecular weight is 358 g/mol. The van der Waals surface area contributed by atoms with Crippen LogP contribution in [0, 0.1) is 0 Å². The van der Waals surface area contributed by atoms with E-state index in [0.29, 0.717) is 0 Å². The predicted molar refractivity (Wildman–Crippen MR) is 94.8 cm³/mol. The second kappa shape index (κ2) is 6.63. The van der Waals surface area contributed by atoms with Crippen molar-refractivity contribution in [3.05, 3.63) is 64.4 Å². The lowest BCUT2D eigenvalue weighted by molar-refractivity contribution is 0.521. The Hall–Kier alpha value is -1.65. The third kappa shape index (κ3) is 3.08. The maximum atomic E-state index is 4.80. The summed E-state index contributed by atoms with van der Waals surface area (Å²) in [6, 6.07) is 16.9. The van der Waals surface area contributed by atoms with Gasteiger partial charge in [-0.3, -0.25) is 0 Å². The van der Waals surface area contributed by atoms with Crippen LogP contribution in [0.15, 0.2) is 53.0 Å². The van der Waals surface area contributed by atoms with Crippen LogP contribution in [0.3, 0.4) is 0 Å². The van der Waals surface area contributed by atoms with E-state index in [4.69, 9.17) is 4.98 Å². The van der Waals surface area contributed by atoms with E-state index in [1.165, 1.54) is 11.1 Å². The van der Waals surface area contributed by atoms with Crippen molar-refractivity contribution in [1.82, 2.24) is 14.9 Å². The van der Waals surface area contributed by atoms with Crippen LogP contribution < -0.4 is 5.32 Å². The number of rotatable bonds is 5. The molecule has 1 N–H and O–H groups in total. The number of halogens is 1. The van der Waals surface area contributed by atoms with Crippen molar-refractivity contribution < 1.29 is 0 Å². The highest BCUT2D eigenvalue weighted by Gasteiger charge is 2.15. The van der Waals surface area contributed by atoms with Gasteiger partial charge in [0, 0.05) is 17.6 Å². The molecule has 0 bridgehead atoms. The van der Waals surface area contributed by atoms with Crippen LogP contribution in [0.5, 0.6) is 0 Å². The molecule has 0 saturated heterocycles. The number of hydrogen-bond donors (Lipinski definition) is 1. The highest BCUT2D eigenvalue weighted by molar-refractivity contribution is 9.10. The van der Waals surface area contributed by atoms with Crippen LogP contribution in [0.1, 0.15) is 31.3 Å². The molecule has 0 fully saturated rings. The van der Waals surface area contributed by atoms with Crippen molar-refractivity contribution in [2.24, 2.45) is 0 Å². The molecule has 22 heavy (non-hydrogen) atoms. The highest BCUT2D eigenvalue weighted by atomic mass is 79.9. The summed E-state index contributed by atoms with van der Waals surface area (Å²) >= 11 is 3.47. The lowest BCUT2D eigenvalue weighted by Gasteiger charge is -2.15. The number of imidazole rings is 1. The molecule has 3 nitrogen and oxygen atoms in total. The zero-order valence-corrected chi connectivity index (χ0v) is 14.5. The van der Waals surface area contributed by atoms with Crippen molar-refractivity contribution in [2.75, 3.05) is 0 Å². The van der Waals surface area contributed by atoms with Crippen molar-refractivity contribution in [1.29, 1.82) is 0 Å². The van der Waals surface area contributed by atoms with Gasteiger partial charge >= 0.3 is 0 Å². The van der Waals surface area contributed by atoms with Crippen LogP contribution in [0.4, 0.5) is 0 Å². The molecule has 1 atom stereocenters. The van der Waals surface area contributed by atoms with Crippen LogP contribution in [-0.2, 0) is 13.1 Å². The molecule has 1 heterocycles. The highest BCUT2D eigenvalue weighted by Crippen LogP contribution is 2.21. The zero-order chi connectivity index (χ0) is 15.5. The van der Waals surface area contributed by atoms with E-state index in [9.17, 15) is 0 Å². The minimum absolute atomic E-state index is 0.205. The van der Waals surface area contributed by atoms with Gasteiger partial charge in [-0.1, -0.05) is 40.2 Å². The third-order valence-electron chi connectivity index (χ3n) is 3.91. The Bertz CT molecular complexity index is 762. The molecule has 0 aliphatic rings. The van der Waals surface area contributed by atoms with Gasteiger partial charge in [0.25, 0.3) is 0 Å². The van der Waals surface area contributed by atoms with E-state index in [0.717, 1.165) is 28.9 Å². The molecule has 1 aromatic heterocycles. The summed E-state index contributed by atoms with van der Waals surface area (Å²) < 4.78 is 3.39. The maximum Gasteiger partial charge on any atom is 0.126 e. The largest absolute Gasteiger partial charge is 0.327 e. The Labute approximate surface area is 139 Å². The molecule has 3 aromatic rings. The molecule has 4 heteroatoms. The van der Waals surface area contributed by atoms with Crippen molar-refractivity contribution in [3.63, 3.8) is 0 Å². The van der Waals surface area contributed by atoms with Crippen LogP contribution in [-0.4, -0.2) is 9.55 Å². The van der Waals surface area contributed by atoms with E-state index in [1.807, 2.05) is 6.07 Å². The number of benzene rings is 2. The van der Waals surface area contributed by atoms with E-state index < -0.39 is 0 Å². The second-order valence-electron chi connectivity index (χ2n) is 5.43. The van der Waals surface area contributed by atoms with Crippen molar-refractivity contribution >= 4 is 27.0 Å². The first kappa shape index (κ1) is 15.3. The number of aromatic nitrogens is 2. The van der Waals surface area contributed by atoms with E-state index in [-0.39, 0.29) is 6.04 Å². The summed E-state index contributed by atoms with van der Waals surface area (Å²) in [5.74, 6) is 1.10. The average Bonchev–Trinajstić information content (AvgIpc) is 2.92. The summed E-state index contributed by atoms with van der Waals surface area (Å²) in [6.45, 7) is 6.10. The topological polar surface area (TPSA) is 29.9 Å². The van der Waals surface area contributed by atoms with Gasteiger partial charge in [0.15, 0.2) is 0 Å². The summed E-state index contributed by atoms with van der Waals surface area (Å²) in [6.07, 6.45) is 0. The Morgan fingerprint density at radius 1 is 1.14 bits per heavy atom. The Morgan fingerprint density at radius 2 is 1.86 bits per heavy atom. The molecule has 0 spiro atoms. The molecule has 2 aromatic carbocycles. The molecular formula is C18H20BrN3. The van der Waals surface area contributed by atoms with Gasteiger partial charge in [-0.15, -0.1) is 0 Å². The second-order valence-corrected chi connectivity index (χ2v) is 6.35. The van der Waals surface area contributed by atoms with Gasteiger partial charge < -0.3 is 9.88 Å². The van der Waals surface area contributed by atoms with E-state index in [1.54, 1.807) is 0 Å². The number of hydrogen-bond acceptors (Lipinski definition) is 2.